The number of fused-ring (bicyclic) bond motifs is 1. The van der Waals surface area contributed by atoms with Gasteiger partial charge in [0.1, 0.15) is 11.4 Å². The second-order valence-electron chi connectivity index (χ2n) is 8.45. The lowest BCUT2D eigenvalue weighted by Crippen LogP contribution is -2.52. The van der Waals surface area contributed by atoms with Crippen LogP contribution >= 0.6 is 11.3 Å². The fraction of sp³-hybridized carbons (Fsp3) is 0.478. The maximum Gasteiger partial charge on any atom is 0.254 e. The van der Waals surface area contributed by atoms with Crippen molar-refractivity contribution in [1.29, 1.82) is 0 Å². The molecule has 2 aliphatic heterocycles. The molecule has 0 bridgehead atoms. The van der Waals surface area contributed by atoms with Gasteiger partial charge in [0.05, 0.1) is 5.56 Å². The number of benzene rings is 1. The Hall–Kier alpha value is -2.34. The number of thiophene rings is 1. The highest BCUT2D eigenvalue weighted by atomic mass is 32.1. The van der Waals surface area contributed by atoms with Gasteiger partial charge in [-0.3, -0.25) is 9.59 Å². The minimum Gasteiger partial charge on any atom is -0.487 e. The van der Waals surface area contributed by atoms with Crippen LogP contribution in [0.2, 0.25) is 0 Å². The Balaban J connectivity index is 1.49. The van der Waals surface area contributed by atoms with Crippen molar-refractivity contribution in [1.82, 2.24) is 10.2 Å². The number of hydrogen-bond acceptors (Lipinski definition) is 4. The minimum atomic E-state index is -0.303. The molecule has 1 N–H and O–H groups in total. The molecular formula is C23H28N2O3S. The molecule has 0 unspecified atom stereocenters. The van der Waals surface area contributed by atoms with E-state index in [1.165, 1.54) is 0 Å². The average Bonchev–Trinajstić information content (AvgIpc) is 3.22. The van der Waals surface area contributed by atoms with Gasteiger partial charge < -0.3 is 15.0 Å². The van der Waals surface area contributed by atoms with Crippen LogP contribution in [0.4, 0.5) is 0 Å². The maximum atomic E-state index is 12.7. The van der Waals surface area contributed by atoms with Crippen molar-refractivity contribution in [3.63, 3.8) is 0 Å². The number of ether oxygens (including phenoxy) is 1. The molecule has 2 aromatic rings. The molecule has 1 saturated heterocycles. The number of rotatable bonds is 4. The first kappa shape index (κ1) is 20.0. The highest BCUT2D eigenvalue weighted by molar-refractivity contribution is 7.08. The largest absolute Gasteiger partial charge is 0.487 e. The normalized spacial score (nSPS) is 20.2. The van der Waals surface area contributed by atoms with E-state index in [1.807, 2.05) is 53.8 Å². The van der Waals surface area contributed by atoms with Crippen molar-refractivity contribution >= 4 is 23.2 Å². The van der Waals surface area contributed by atoms with Gasteiger partial charge in [-0.15, -0.1) is 0 Å². The molecule has 0 radical (unpaired) electrons. The Kier molecular flexibility index (Phi) is 5.63. The molecule has 0 aliphatic carbocycles. The third kappa shape index (κ3) is 4.32. The Labute approximate surface area is 176 Å². The van der Waals surface area contributed by atoms with Crippen molar-refractivity contribution in [3.8, 4) is 5.75 Å². The van der Waals surface area contributed by atoms with Crippen LogP contribution in [0, 0.1) is 0 Å². The Morgan fingerprint density at radius 1 is 1.24 bits per heavy atom. The molecule has 154 valence electrons. The first-order chi connectivity index (χ1) is 14.0. The van der Waals surface area contributed by atoms with Gasteiger partial charge in [0.25, 0.3) is 5.91 Å². The molecular weight excluding hydrogens is 384 g/mol. The van der Waals surface area contributed by atoms with Gasteiger partial charge in [0.2, 0.25) is 5.91 Å². The molecule has 5 nitrogen and oxygen atoms in total. The molecule has 0 saturated carbocycles. The van der Waals surface area contributed by atoms with E-state index in [0.717, 1.165) is 36.1 Å². The number of para-hydroxylation sites is 1. The van der Waals surface area contributed by atoms with Crippen molar-refractivity contribution in [2.75, 3.05) is 13.1 Å². The molecule has 2 aliphatic rings. The average molecular weight is 413 g/mol. The predicted octanol–water partition coefficient (Wildman–Crippen LogP) is 4.20. The van der Waals surface area contributed by atoms with Gasteiger partial charge in [-0.2, -0.15) is 11.3 Å². The molecule has 29 heavy (non-hydrogen) atoms. The quantitative estimate of drug-likeness (QED) is 0.819. The van der Waals surface area contributed by atoms with Crippen molar-refractivity contribution in [2.24, 2.45) is 0 Å². The fourth-order valence-corrected chi connectivity index (χ4v) is 5.15. The Morgan fingerprint density at radius 2 is 2.00 bits per heavy atom. The highest BCUT2D eigenvalue weighted by Crippen LogP contribution is 2.46. The summed E-state index contributed by atoms with van der Waals surface area (Å²) < 4.78 is 6.50. The third-order valence-corrected chi connectivity index (χ3v) is 6.60. The summed E-state index contributed by atoms with van der Waals surface area (Å²) >= 11 is 1.55. The van der Waals surface area contributed by atoms with Crippen LogP contribution in [0.15, 0.2) is 41.1 Å². The number of nitrogens with one attached hydrogen (secondary N) is 1. The van der Waals surface area contributed by atoms with Gasteiger partial charge in [-0.1, -0.05) is 18.2 Å². The van der Waals surface area contributed by atoms with E-state index in [9.17, 15) is 9.59 Å². The zero-order valence-corrected chi connectivity index (χ0v) is 17.8. The van der Waals surface area contributed by atoms with E-state index in [0.29, 0.717) is 19.5 Å². The Bertz CT molecular complexity index is 870. The van der Waals surface area contributed by atoms with E-state index < -0.39 is 0 Å². The number of likely N-dealkylation sites (tertiary alicyclic amines) is 1. The van der Waals surface area contributed by atoms with E-state index in [4.69, 9.17) is 4.74 Å². The summed E-state index contributed by atoms with van der Waals surface area (Å²) in [4.78, 5) is 27.1. The van der Waals surface area contributed by atoms with E-state index in [2.05, 4.69) is 11.4 Å². The second kappa shape index (κ2) is 8.19. The van der Waals surface area contributed by atoms with Crippen LogP contribution < -0.4 is 10.1 Å². The van der Waals surface area contributed by atoms with E-state index in [-0.39, 0.29) is 29.4 Å². The van der Waals surface area contributed by atoms with Gasteiger partial charge in [-0.05, 0) is 43.3 Å². The number of nitrogens with zero attached hydrogens (tertiary/aromatic N) is 1. The summed E-state index contributed by atoms with van der Waals surface area (Å²) in [6.07, 6.45) is 2.87. The molecule has 2 amide bonds. The van der Waals surface area contributed by atoms with E-state index in [1.54, 1.807) is 11.3 Å². The summed E-state index contributed by atoms with van der Waals surface area (Å²) in [5.41, 5.74) is 1.58. The van der Waals surface area contributed by atoms with Crippen LogP contribution in [-0.2, 0) is 4.79 Å². The lowest BCUT2D eigenvalue weighted by molar-refractivity contribution is -0.122. The Morgan fingerprint density at radius 3 is 2.69 bits per heavy atom. The van der Waals surface area contributed by atoms with Crippen molar-refractivity contribution in [3.05, 3.63) is 52.2 Å². The summed E-state index contributed by atoms with van der Waals surface area (Å²) in [7, 11) is 0. The lowest BCUT2D eigenvalue weighted by atomic mass is 9.76. The molecule has 1 aromatic carbocycles. The van der Waals surface area contributed by atoms with Crippen molar-refractivity contribution < 1.29 is 14.3 Å². The fourth-order valence-electron chi connectivity index (χ4n) is 4.52. The number of hydrogen-bond donors (Lipinski definition) is 1. The first-order valence-corrected chi connectivity index (χ1v) is 11.3. The summed E-state index contributed by atoms with van der Waals surface area (Å²) in [5, 5.41) is 6.86. The number of carbonyl (C=O) groups is 2. The smallest absolute Gasteiger partial charge is 0.254 e. The summed E-state index contributed by atoms with van der Waals surface area (Å²) in [6, 6.07) is 10.1. The van der Waals surface area contributed by atoms with E-state index >= 15 is 0 Å². The zero-order valence-electron chi connectivity index (χ0n) is 17.0. The molecule has 4 rings (SSSR count). The van der Waals surface area contributed by atoms with Crippen LogP contribution in [0.1, 0.15) is 61.4 Å². The van der Waals surface area contributed by atoms with Crippen molar-refractivity contribution in [2.45, 2.75) is 57.1 Å². The number of amides is 2. The topological polar surface area (TPSA) is 58.6 Å². The molecule has 1 atom stereocenters. The van der Waals surface area contributed by atoms with Gasteiger partial charge in [-0.25, -0.2) is 0 Å². The van der Waals surface area contributed by atoms with Crippen LogP contribution in [0.3, 0.4) is 0 Å². The lowest BCUT2D eigenvalue weighted by Gasteiger charge is -2.47. The van der Waals surface area contributed by atoms with Gasteiger partial charge >= 0.3 is 0 Å². The number of carbonyl (C=O) groups excluding carboxylic acids is 2. The van der Waals surface area contributed by atoms with Crippen LogP contribution in [0.25, 0.3) is 0 Å². The molecule has 1 fully saturated rings. The van der Waals surface area contributed by atoms with Crippen LogP contribution in [0.5, 0.6) is 5.75 Å². The molecule has 1 aromatic heterocycles. The maximum absolute atomic E-state index is 12.7. The molecule has 1 spiro atoms. The van der Waals surface area contributed by atoms with Gasteiger partial charge in [0.15, 0.2) is 0 Å². The minimum absolute atomic E-state index is 0.0851. The zero-order chi connectivity index (χ0) is 20.4. The molecule has 6 heteroatoms. The third-order valence-electron chi connectivity index (χ3n) is 5.92. The van der Waals surface area contributed by atoms with Crippen LogP contribution in [-0.4, -0.2) is 41.4 Å². The standard InChI is InChI=1S/C23H28N2O3S/c1-16(2)24-21(26)13-18-14-23(28-20-6-4-3-5-19(18)20)8-10-25(11-9-23)22(27)17-7-12-29-15-17/h3-7,12,15-16,18H,8-11,13-14H2,1-2H3,(H,24,26)/t18-/m0/s1. The monoisotopic (exact) mass is 412 g/mol. The number of piperidine rings is 1. The predicted molar refractivity (Wildman–Crippen MR) is 115 cm³/mol. The summed E-state index contributed by atoms with van der Waals surface area (Å²) in [5.74, 6) is 1.21. The highest BCUT2D eigenvalue weighted by Gasteiger charge is 2.44. The first-order valence-electron chi connectivity index (χ1n) is 10.3. The second-order valence-corrected chi connectivity index (χ2v) is 9.23. The van der Waals surface area contributed by atoms with Gasteiger partial charge in [0, 0.05) is 49.7 Å². The SMILES string of the molecule is CC(C)NC(=O)C[C@H]1CC2(CCN(C(=O)c3ccsc3)CC2)Oc2ccccc21. The molecule has 3 heterocycles. The summed E-state index contributed by atoms with van der Waals surface area (Å²) in [6.45, 7) is 5.33.